The van der Waals surface area contributed by atoms with Gasteiger partial charge in [-0.25, -0.2) is 0 Å². The Morgan fingerprint density at radius 1 is 1.26 bits per heavy atom. The molecule has 0 saturated carbocycles. The first kappa shape index (κ1) is 23.7. The van der Waals surface area contributed by atoms with Gasteiger partial charge in [-0.15, -0.1) is 0 Å². The van der Waals surface area contributed by atoms with E-state index in [0.29, 0.717) is 18.5 Å². The molecule has 1 aliphatic rings. The third-order valence-corrected chi connectivity index (χ3v) is 3.03. The molecule has 6 heteroatoms. The summed E-state index contributed by atoms with van der Waals surface area (Å²) in [5, 5.41) is 13.9. The highest BCUT2D eigenvalue weighted by Gasteiger charge is 2.22. The number of hydrogen-bond acceptors (Lipinski definition) is 5. The second-order valence-electron chi connectivity index (χ2n) is 5.09. The van der Waals surface area contributed by atoms with E-state index in [4.69, 9.17) is 5.73 Å². The molecule has 6 nitrogen and oxygen atoms in total. The summed E-state index contributed by atoms with van der Waals surface area (Å²) in [7, 11) is 1.92. The summed E-state index contributed by atoms with van der Waals surface area (Å²) in [5.41, 5.74) is 7.30. The average Bonchev–Trinajstić information content (AvgIpc) is 2.53. The normalized spacial score (nSPS) is 13.2. The minimum atomic E-state index is -0.375. The topological polar surface area (TPSA) is 84.4 Å². The molecule has 1 aliphatic carbocycles. The predicted octanol–water partition coefficient (Wildman–Crippen LogP) is 3.49. The van der Waals surface area contributed by atoms with E-state index in [9.17, 15) is 10.1 Å². The Morgan fingerprint density at radius 3 is 2.22 bits per heavy atom. The number of nitro groups is 1. The largest absolute Gasteiger partial charge is 0.393 e. The number of nitrogens with one attached hydrogen (secondary N) is 1. The zero-order valence-electron chi connectivity index (χ0n) is 15.8. The molecule has 0 amide bonds. The van der Waals surface area contributed by atoms with Crippen molar-refractivity contribution in [1.82, 2.24) is 10.2 Å². The van der Waals surface area contributed by atoms with Gasteiger partial charge in [-0.3, -0.25) is 10.1 Å². The van der Waals surface area contributed by atoms with Crippen LogP contribution in [0.15, 0.2) is 23.2 Å². The maximum atomic E-state index is 10.8. The fourth-order valence-electron chi connectivity index (χ4n) is 2.09. The van der Waals surface area contributed by atoms with Crippen LogP contribution < -0.4 is 11.1 Å². The smallest absolute Gasteiger partial charge is 0.269 e. The van der Waals surface area contributed by atoms with Crippen molar-refractivity contribution in [2.45, 2.75) is 60.3 Å². The molecular weight excluding hydrogens is 292 g/mol. The molecule has 0 aromatic carbocycles. The van der Waals surface area contributed by atoms with E-state index in [2.05, 4.69) is 31.0 Å². The summed E-state index contributed by atoms with van der Waals surface area (Å²) in [5.74, 6) is 0. The van der Waals surface area contributed by atoms with E-state index in [-0.39, 0.29) is 10.6 Å². The van der Waals surface area contributed by atoms with E-state index in [1.165, 1.54) is 6.42 Å². The third-order valence-electron chi connectivity index (χ3n) is 3.03. The Balaban J connectivity index is 0. The van der Waals surface area contributed by atoms with Crippen LogP contribution in [0.2, 0.25) is 0 Å². The van der Waals surface area contributed by atoms with Gasteiger partial charge in [-0.2, -0.15) is 0 Å². The van der Waals surface area contributed by atoms with Crippen LogP contribution in [0.5, 0.6) is 0 Å². The molecule has 0 atom stereocenters. The van der Waals surface area contributed by atoms with Crippen molar-refractivity contribution in [2.24, 2.45) is 5.73 Å². The predicted molar refractivity (Wildman–Crippen MR) is 98.6 cm³/mol. The molecule has 3 N–H and O–H groups in total. The number of allylic oxidation sites excluding steroid dienone is 3. The van der Waals surface area contributed by atoms with Gasteiger partial charge in [-0.05, 0) is 26.0 Å². The highest BCUT2D eigenvalue weighted by Crippen LogP contribution is 2.24. The van der Waals surface area contributed by atoms with Gasteiger partial charge >= 0.3 is 0 Å². The van der Waals surface area contributed by atoms with E-state index in [1.807, 2.05) is 20.9 Å². The number of likely N-dealkylation sites (N-methyl/N-ethyl adjacent to an activating group) is 1. The van der Waals surface area contributed by atoms with E-state index in [1.54, 1.807) is 6.08 Å². The molecule has 136 valence electrons. The van der Waals surface area contributed by atoms with Crippen LogP contribution >= 0.6 is 0 Å². The molecule has 0 bridgehead atoms. The molecule has 0 unspecified atom stereocenters. The van der Waals surface area contributed by atoms with Gasteiger partial charge in [0.25, 0.3) is 5.70 Å². The summed E-state index contributed by atoms with van der Waals surface area (Å²) >= 11 is 0. The van der Waals surface area contributed by atoms with Crippen molar-refractivity contribution in [3.8, 4) is 0 Å². The molecule has 0 radical (unpaired) electrons. The summed E-state index contributed by atoms with van der Waals surface area (Å²) in [6.45, 7) is 13.1. The van der Waals surface area contributed by atoms with Crippen LogP contribution in [0.3, 0.4) is 0 Å². The summed E-state index contributed by atoms with van der Waals surface area (Å²) < 4.78 is 0. The number of hydrogen-bond donors (Lipinski definition) is 2. The van der Waals surface area contributed by atoms with Crippen LogP contribution in [0.4, 0.5) is 0 Å². The van der Waals surface area contributed by atoms with E-state index in [0.717, 1.165) is 31.8 Å². The second-order valence-corrected chi connectivity index (χ2v) is 5.09. The van der Waals surface area contributed by atoms with Gasteiger partial charge in [0, 0.05) is 31.8 Å². The molecule has 0 saturated heterocycles. The quantitative estimate of drug-likeness (QED) is 0.552. The molecule has 0 aromatic rings. The summed E-state index contributed by atoms with van der Waals surface area (Å²) in [6.07, 6.45) is 5.17. The van der Waals surface area contributed by atoms with Gasteiger partial charge in [0.1, 0.15) is 5.70 Å². The molecular formula is C17H36N4O2. The standard InChI is InChI=1S/C12H22N4O2.C3H8.C2H6/c1-3-7-15(8-6-14-2)10-4-5-12(16(17)18)11(13)9-10;1-3-2;1-2/h9,14H,3-8,13H2,1-2H3;3H2,1-2H3;1-2H3. The molecule has 0 fully saturated rings. The Morgan fingerprint density at radius 2 is 1.83 bits per heavy atom. The van der Waals surface area contributed by atoms with Crippen LogP contribution in [-0.2, 0) is 0 Å². The first-order chi connectivity index (χ1) is 11.0. The minimum absolute atomic E-state index is 0.142. The fraction of sp³-hybridized carbons (Fsp3) is 0.765. The number of nitrogens with two attached hydrogens (primary N) is 1. The van der Waals surface area contributed by atoms with Crippen molar-refractivity contribution in [2.75, 3.05) is 26.7 Å². The molecule has 1 rings (SSSR count). The lowest BCUT2D eigenvalue weighted by Crippen LogP contribution is -2.32. The van der Waals surface area contributed by atoms with Crippen molar-refractivity contribution >= 4 is 0 Å². The molecule has 0 aromatic heterocycles. The Kier molecular flexibility index (Phi) is 15.8. The first-order valence-corrected chi connectivity index (χ1v) is 8.74. The van der Waals surface area contributed by atoms with Gasteiger partial charge in [0.15, 0.2) is 0 Å². The Labute approximate surface area is 142 Å². The summed E-state index contributed by atoms with van der Waals surface area (Å²) in [6, 6.07) is 0. The van der Waals surface area contributed by atoms with Crippen LogP contribution in [0.25, 0.3) is 0 Å². The van der Waals surface area contributed by atoms with Gasteiger partial charge in [0.05, 0.1) is 4.92 Å². The molecule has 0 spiro atoms. The fourth-order valence-corrected chi connectivity index (χ4v) is 2.09. The average molecular weight is 329 g/mol. The van der Waals surface area contributed by atoms with Gasteiger partial charge in [0.2, 0.25) is 0 Å². The number of nitrogens with zero attached hydrogens (tertiary/aromatic N) is 2. The molecule has 23 heavy (non-hydrogen) atoms. The van der Waals surface area contributed by atoms with E-state index < -0.39 is 0 Å². The van der Waals surface area contributed by atoms with Crippen molar-refractivity contribution in [3.63, 3.8) is 0 Å². The lowest BCUT2D eigenvalue weighted by Gasteiger charge is -2.28. The van der Waals surface area contributed by atoms with Crippen LogP contribution in [0, 0.1) is 10.1 Å². The Bertz CT molecular complexity index is 379. The van der Waals surface area contributed by atoms with Gasteiger partial charge in [-0.1, -0.05) is 41.0 Å². The minimum Gasteiger partial charge on any atom is -0.393 e. The number of rotatable bonds is 7. The highest BCUT2D eigenvalue weighted by atomic mass is 16.6. The van der Waals surface area contributed by atoms with Gasteiger partial charge < -0.3 is 16.0 Å². The monoisotopic (exact) mass is 328 g/mol. The third kappa shape index (κ3) is 9.94. The Hall–Kier alpha value is -1.56. The lowest BCUT2D eigenvalue weighted by atomic mass is 10.0. The van der Waals surface area contributed by atoms with Crippen molar-refractivity contribution < 1.29 is 4.92 Å². The van der Waals surface area contributed by atoms with Crippen LogP contribution in [-0.4, -0.2) is 36.5 Å². The molecule has 0 heterocycles. The maximum Gasteiger partial charge on any atom is 0.269 e. The first-order valence-electron chi connectivity index (χ1n) is 8.74. The summed E-state index contributed by atoms with van der Waals surface area (Å²) in [4.78, 5) is 12.6. The molecule has 0 aliphatic heterocycles. The zero-order valence-corrected chi connectivity index (χ0v) is 15.8. The SMILES string of the molecule is CC.CCC.CCCN(CCNC)C1=CC(N)=C([N+](=O)[O-])CC1. The second kappa shape index (κ2) is 15.3. The van der Waals surface area contributed by atoms with Crippen molar-refractivity contribution in [3.05, 3.63) is 33.3 Å². The maximum absolute atomic E-state index is 10.8. The highest BCUT2D eigenvalue weighted by molar-refractivity contribution is 5.27. The van der Waals surface area contributed by atoms with Crippen molar-refractivity contribution in [1.29, 1.82) is 0 Å². The van der Waals surface area contributed by atoms with Crippen LogP contribution in [0.1, 0.15) is 60.3 Å². The zero-order chi connectivity index (χ0) is 18.3. The lowest BCUT2D eigenvalue weighted by molar-refractivity contribution is -0.429. The van der Waals surface area contributed by atoms with E-state index >= 15 is 0 Å².